The highest BCUT2D eigenvalue weighted by Gasteiger charge is 2.12. The molecule has 0 atom stereocenters. The minimum atomic E-state index is -0.166. The Hall–Kier alpha value is -1.97. The van der Waals surface area contributed by atoms with Gasteiger partial charge in [-0.2, -0.15) is 0 Å². The Morgan fingerprint density at radius 3 is 2.47 bits per heavy atom. The van der Waals surface area contributed by atoms with E-state index in [0.29, 0.717) is 5.56 Å². The average molecular weight is 204 g/mol. The van der Waals surface area contributed by atoms with E-state index in [-0.39, 0.29) is 5.56 Å². The molecule has 0 spiro atoms. The largest absolute Gasteiger partial charge is 0.398 e. The first-order chi connectivity index (χ1) is 7.24. The van der Waals surface area contributed by atoms with Gasteiger partial charge in [-0.15, -0.1) is 0 Å². The monoisotopic (exact) mass is 204 g/mol. The summed E-state index contributed by atoms with van der Waals surface area (Å²) >= 11 is 0. The van der Waals surface area contributed by atoms with Crippen molar-refractivity contribution in [3.63, 3.8) is 0 Å². The van der Waals surface area contributed by atoms with E-state index < -0.39 is 0 Å². The molecule has 1 aromatic heterocycles. The standard InChI is InChI=1S/C11H12N2O2/c1-8-10(9-6-4-3-5-7-9)11(14)13(12-8)15-2/h3-7,12H,1-2H3. The lowest BCUT2D eigenvalue weighted by atomic mass is 10.1. The van der Waals surface area contributed by atoms with Crippen molar-refractivity contribution in [2.75, 3.05) is 7.11 Å². The molecular weight excluding hydrogens is 192 g/mol. The molecule has 0 bridgehead atoms. The number of aromatic amines is 1. The zero-order valence-corrected chi connectivity index (χ0v) is 8.65. The fraction of sp³-hybridized carbons (Fsp3) is 0.182. The Morgan fingerprint density at radius 2 is 1.93 bits per heavy atom. The summed E-state index contributed by atoms with van der Waals surface area (Å²) in [5.41, 5.74) is 2.18. The smallest absolute Gasteiger partial charge is 0.310 e. The maximum Gasteiger partial charge on any atom is 0.310 e. The summed E-state index contributed by atoms with van der Waals surface area (Å²) in [5.74, 6) is 0. The molecule has 4 nitrogen and oxygen atoms in total. The van der Waals surface area contributed by atoms with Gasteiger partial charge in [0, 0.05) is 5.69 Å². The van der Waals surface area contributed by atoms with Crippen LogP contribution in [0.4, 0.5) is 0 Å². The zero-order chi connectivity index (χ0) is 10.8. The molecule has 2 aromatic rings. The van der Waals surface area contributed by atoms with Crippen LogP contribution in [0.15, 0.2) is 35.1 Å². The van der Waals surface area contributed by atoms with Gasteiger partial charge in [0.2, 0.25) is 0 Å². The minimum Gasteiger partial charge on any atom is -0.398 e. The van der Waals surface area contributed by atoms with Crippen molar-refractivity contribution in [2.24, 2.45) is 0 Å². The second kappa shape index (κ2) is 3.65. The van der Waals surface area contributed by atoms with E-state index in [1.54, 1.807) is 0 Å². The molecule has 0 amide bonds. The van der Waals surface area contributed by atoms with Crippen molar-refractivity contribution in [1.82, 2.24) is 9.94 Å². The summed E-state index contributed by atoms with van der Waals surface area (Å²) in [6, 6.07) is 9.52. The van der Waals surface area contributed by atoms with Crippen LogP contribution >= 0.6 is 0 Å². The van der Waals surface area contributed by atoms with Crippen molar-refractivity contribution in [2.45, 2.75) is 6.92 Å². The highest BCUT2D eigenvalue weighted by Crippen LogP contribution is 2.17. The summed E-state index contributed by atoms with van der Waals surface area (Å²) < 4.78 is 0. The number of nitrogens with zero attached hydrogens (tertiary/aromatic N) is 1. The third kappa shape index (κ3) is 1.54. The van der Waals surface area contributed by atoms with Crippen molar-refractivity contribution < 1.29 is 4.84 Å². The van der Waals surface area contributed by atoms with Gasteiger partial charge in [-0.3, -0.25) is 9.89 Å². The van der Waals surface area contributed by atoms with Gasteiger partial charge in [0.1, 0.15) is 7.11 Å². The topological polar surface area (TPSA) is 47.0 Å². The fourth-order valence-electron chi connectivity index (χ4n) is 1.59. The molecule has 15 heavy (non-hydrogen) atoms. The number of aromatic nitrogens is 2. The molecule has 0 saturated carbocycles. The molecule has 1 N–H and O–H groups in total. The van der Waals surface area contributed by atoms with Gasteiger partial charge in [0.15, 0.2) is 0 Å². The van der Waals surface area contributed by atoms with Crippen LogP contribution in [-0.2, 0) is 0 Å². The molecule has 4 heteroatoms. The molecule has 1 aromatic carbocycles. The van der Waals surface area contributed by atoms with Gasteiger partial charge in [-0.1, -0.05) is 35.2 Å². The van der Waals surface area contributed by atoms with E-state index in [1.165, 1.54) is 7.11 Å². The van der Waals surface area contributed by atoms with Crippen molar-refractivity contribution >= 4 is 0 Å². The van der Waals surface area contributed by atoms with E-state index in [2.05, 4.69) is 5.10 Å². The molecule has 2 rings (SSSR count). The van der Waals surface area contributed by atoms with Gasteiger partial charge in [-0.05, 0) is 12.5 Å². The lowest BCUT2D eigenvalue weighted by Gasteiger charge is -1.95. The van der Waals surface area contributed by atoms with E-state index in [0.717, 1.165) is 16.1 Å². The molecule has 78 valence electrons. The zero-order valence-electron chi connectivity index (χ0n) is 8.65. The molecule has 0 aliphatic rings. The second-order valence-electron chi connectivity index (χ2n) is 3.26. The Bertz CT molecular complexity index is 511. The van der Waals surface area contributed by atoms with Gasteiger partial charge in [0.05, 0.1) is 5.56 Å². The van der Waals surface area contributed by atoms with Crippen LogP contribution in [0.1, 0.15) is 5.69 Å². The van der Waals surface area contributed by atoms with Crippen molar-refractivity contribution in [3.8, 4) is 11.1 Å². The predicted octanol–water partition coefficient (Wildman–Crippen LogP) is 1.21. The van der Waals surface area contributed by atoms with Crippen LogP contribution in [0, 0.1) is 6.92 Å². The number of H-pyrrole nitrogens is 1. The Kier molecular flexibility index (Phi) is 2.33. The van der Waals surface area contributed by atoms with Crippen LogP contribution in [-0.4, -0.2) is 17.1 Å². The highest BCUT2D eigenvalue weighted by atomic mass is 16.7. The first-order valence-electron chi connectivity index (χ1n) is 4.65. The maximum atomic E-state index is 11.8. The molecule has 0 radical (unpaired) electrons. The van der Waals surface area contributed by atoms with Crippen LogP contribution in [0.3, 0.4) is 0 Å². The first kappa shape index (κ1) is 9.58. The quantitative estimate of drug-likeness (QED) is 0.799. The van der Waals surface area contributed by atoms with Crippen LogP contribution in [0.2, 0.25) is 0 Å². The molecular formula is C11H12N2O2. The van der Waals surface area contributed by atoms with Gasteiger partial charge in [0.25, 0.3) is 0 Å². The molecule has 0 fully saturated rings. The SMILES string of the molecule is COn1[nH]c(C)c(-c2ccccc2)c1=O. The van der Waals surface area contributed by atoms with Gasteiger partial charge >= 0.3 is 5.56 Å². The third-order valence-electron chi connectivity index (χ3n) is 2.29. The number of hydrogen-bond donors (Lipinski definition) is 1. The van der Waals surface area contributed by atoms with E-state index in [1.807, 2.05) is 37.3 Å². The van der Waals surface area contributed by atoms with Crippen molar-refractivity contribution in [1.29, 1.82) is 0 Å². The van der Waals surface area contributed by atoms with E-state index >= 15 is 0 Å². The average Bonchev–Trinajstić information content (AvgIpc) is 2.55. The predicted molar refractivity (Wildman–Crippen MR) is 57.7 cm³/mol. The van der Waals surface area contributed by atoms with Crippen LogP contribution in [0.5, 0.6) is 0 Å². The lowest BCUT2D eigenvalue weighted by molar-refractivity contribution is 0.125. The van der Waals surface area contributed by atoms with Gasteiger partial charge < -0.3 is 4.84 Å². The molecule has 0 saturated heterocycles. The molecule has 1 heterocycles. The third-order valence-corrected chi connectivity index (χ3v) is 2.29. The fourth-order valence-corrected chi connectivity index (χ4v) is 1.59. The molecule has 0 aliphatic heterocycles. The first-order valence-corrected chi connectivity index (χ1v) is 4.65. The Morgan fingerprint density at radius 1 is 1.27 bits per heavy atom. The molecule has 0 unspecified atom stereocenters. The molecule has 0 aliphatic carbocycles. The Balaban J connectivity index is 2.64. The summed E-state index contributed by atoms with van der Waals surface area (Å²) in [6.45, 7) is 1.85. The summed E-state index contributed by atoms with van der Waals surface area (Å²) in [6.07, 6.45) is 0. The number of hydrogen-bond acceptors (Lipinski definition) is 2. The maximum absolute atomic E-state index is 11.8. The van der Waals surface area contributed by atoms with Gasteiger partial charge in [-0.25, -0.2) is 0 Å². The summed E-state index contributed by atoms with van der Waals surface area (Å²) in [4.78, 5) is 17.8. The van der Waals surface area contributed by atoms with Crippen molar-refractivity contribution in [3.05, 3.63) is 46.4 Å². The van der Waals surface area contributed by atoms with Crippen LogP contribution < -0.4 is 10.4 Å². The number of aryl methyl sites for hydroxylation is 1. The van der Waals surface area contributed by atoms with E-state index in [9.17, 15) is 4.79 Å². The number of benzene rings is 1. The summed E-state index contributed by atoms with van der Waals surface area (Å²) in [7, 11) is 1.45. The summed E-state index contributed by atoms with van der Waals surface area (Å²) in [5, 5.41) is 2.84. The van der Waals surface area contributed by atoms with Crippen LogP contribution in [0.25, 0.3) is 11.1 Å². The second-order valence-corrected chi connectivity index (χ2v) is 3.26. The lowest BCUT2D eigenvalue weighted by Crippen LogP contribution is -2.22. The highest BCUT2D eigenvalue weighted by molar-refractivity contribution is 5.64. The minimum absolute atomic E-state index is 0.166. The number of rotatable bonds is 2. The number of nitrogens with one attached hydrogen (secondary N) is 1. The normalized spacial score (nSPS) is 10.3. The van der Waals surface area contributed by atoms with E-state index in [4.69, 9.17) is 4.84 Å². The Labute approximate surface area is 87.1 Å².